The summed E-state index contributed by atoms with van der Waals surface area (Å²) in [7, 11) is 0. The topological polar surface area (TPSA) is 36.7 Å². The van der Waals surface area contributed by atoms with Gasteiger partial charge in [-0.15, -0.1) is 0 Å². The summed E-state index contributed by atoms with van der Waals surface area (Å²) in [4.78, 5) is 4.44. The second-order valence-electron chi connectivity index (χ2n) is 4.71. The van der Waals surface area contributed by atoms with Crippen LogP contribution in [0.1, 0.15) is 30.2 Å². The molecule has 1 aromatic heterocycles. The van der Waals surface area contributed by atoms with E-state index in [9.17, 15) is 0 Å². The monoisotopic (exact) mass is 274 g/mol. The molecular formula is C19H18N2. The Balaban J connectivity index is 2.56. The second-order valence-corrected chi connectivity index (χ2v) is 4.71. The van der Waals surface area contributed by atoms with Crippen molar-refractivity contribution in [2.45, 2.75) is 20.3 Å². The van der Waals surface area contributed by atoms with Gasteiger partial charge in [-0.25, -0.2) is 0 Å². The van der Waals surface area contributed by atoms with Crippen LogP contribution in [0.5, 0.6) is 0 Å². The van der Waals surface area contributed by atoms with Gasteiger partial charge in [0.05, 0.1) is 18.2 Å². The van der Waals surface area contributed by atoms with Crippen LogP contribution in [-0.4, -0.2) is 4.98 Å². The molecule has 0 saturated heterocycles. The van der Waals surface area contributed by atoms with Crippen LogP contribution < -0.4 is 0 Å². The number of allylic oxidation sites excluding steroid dienone is 4. The van der Waals surface area contributed by atoms with Gasteiger partial charge in [0.25, 0.3) is 0 Å². The summed E-state index contributed by atoms with van der Waals surface area (Å²) in [5.74, 6) is 0. The standard InChI is InChI=1S/C19H18N2/c1-3-16(19-12-6-7-14-21-19)18(11-8-13-20)17-10-5-4-9-15(17)2/h3-7,9-12,14H,8H2,1-2H3/b16-3+,18-11+. The minimum absolute atomic E-state index is 0.383. The number of nitrogens with zero attached hydrogens (tertiary/aromatic N) is 2. The van der Waals surface area contributed by atoms with E-state index in [2.05, 4.69) is 36.2 Å². The summed E-state index contributed by atoms with van der Waals surface area (Å²) in [5.41, 5.74) is 5.38. The van der Waals surface area contributed by atoms with Gasteiger partial charge in [0, 0.05) is 11.8 Å². The molecular weight excluding hydrogens is 256 g/mol. The van der Waals surface area contributed by atoms with Crippen molar-refractivity contribution in [3.05, 3.63) is 77.6 Å². The average Bonchev–Trinajstić information content (AvgIpc) is 2.53. The zero-order valence-electron chi connectivity index (χ0n) is 12.4. The first-order valence-corrected chi connectivity index (χ1v) is 6.99. The lowest BCUT2D eigenvalue weighted by Gasteiger charge is -2.14. The van der Waals surface area contributed by atoms with E-state index in [0.717, 1.165) is 22.4 Å². The Morgan fingerprint density at radius 2 is 1.90 bits per heavy atom. The Hall–Kier alpha value is -2.66. The number of aryl methyl sites for hydroxylation is 1. The Labute approximate surface area is 126 Å². The highest BCUT2D eigenvalue weighted by Gasteiger charge is 2.12. The molecule has 2 rings (SSSR count). The quantitative estimate of drug-likeness (QED) is 0.751. The van der Waals surface area contributed by atoms with E-state index in [0.29, 0.717) is 6.42 Å². The molecule has 104 valence electrons. The van der Waals surface area contributed by atoms with Crippen LogP contribution >= 0.6 is 0 Å². The predicted octanol–water partition coefficient (Wildman–Crippen LogP) is 4.79. The first-order valence-electron chi connectivity index (χ1n) is 6.99. The molecule has 0 amide bonds. The minimum Gasteiger partial charge on any atom is -0.256 e. The number of nitriles is 1. The van der Waals surface area contributed by atoms with Gasteiger partial charge in [-0.05, 0) is 42.7 Å². The molecule has 0 N–H and O–H groups in total. The third kappa shape index (κ3) is 3.46. The minimum atomic E-state index is 0.383. The van der Waals surface area contributed by atoms with E-state index in [1.807, 2.05) is 43.3 Å². The summed E-state index contributed by atoms with van der Waals surface area (Å²) in [5, 5.41) is 8.93. The Morgan fingerprint density at radius 3 is 2.52 bits per heavy atom. The number of hydrogen-bond donors (Lipinski definition) is 0. The number of rotatable bonds is 4. The molecule has 0 spiro atoms. The highest BCUT2D eigenvalue weighted by atomic mass is 14.7. The lowest BCUT2D eigenvalue weighted by atomic mass is 9.91. The maximum Gasteiger partial charge on any atom is 0.0704 e. The summed E-state index contributed by atoms with van der Waals surface area (Å²) in [6.45, 7) is 4.09. The molecule has 0 aliphatic heterocycles. The van der Waals surface area contributed by atoms with Crippen LogP contribution in [0.2, 0.25) is 0 Å². The van der Waals surface area contributed by atoms with Crippen LogP contribution in [0.25, 0.3) is 11.1 Å². The molecule has 0 fully saturated rings. The van der Waals surface area contributed by atoms with E-state index in [1.54, 1.807) is 6.20 Å². The largest absolute Gasteiger partial charge is 0.256 e. The van der Waals surface area contributed by atoms with Crippen molar-refractivity contribution in [2.24, 2.45) is 0 Å². The molecule has 0 atom stereocenters. The van der Waals surface area contributed by atoms with E-state index in [4.69, 9.17) is 5.26 Å². The number of pyridine rings is 1. The normalized spacial score (nSPS) is 12.0. The van der Waals surface area contributed by atoms with Gasteiger partial charge in [-0.2, -0.15) is 5.26 Å². The molecule has 0 bridgehead atoms. The zero-order valence-corrected chi connectivity index (χ0v) is 12.4. The summed E-state index contributed by atoms with van der Waals surface area (Å²) in [6.07, 6.45) is 6.21. The fourth-order valence-electron chi connectivity index (χ4n) is 2.35. The van der Waals surface area contributed by atoms with E-state index < -0.39 is 0 Å². The number of benzene rings is 1. The van der Waals surface area contributed by atoms with Crippen LogP contribution in [0.3, 0.4) is 0 Å². The average molecular weight is 274 g/mol. The summed E-state index contributed by atoms with van der Waals surface area (Å²) in [6, 6.07) is 16.3. The van der Waals surface area contributed by atoms with Crippen molar-refractivity contribution in [2.75, 3.05) is 0 Å². The van der Waals surface area contributed by atoms with Gasteiger partial charge in [0.15, 0.2) is 0 Å². The molecule has 1 heterocycles. The molecule has 0 aliphatic rings. The molecule has 21 heavy (non-hydrogen) atoms. The van der Waals surface area contributed by atoms with Crippen molar-refractivity contribution >= 4 is 11.1 Å². The number of aromatic nitrogens is 1. The van der Waals surface area contributed by atoms with Crippen LogP contribution in [0.4, 0.5) is 0 Å². The van der Waals surface area contributed by atoms with E-state index >= 15 is 0 Å². The molecule has 0 unspecified atom stereocenters. The van der Waals surface area contributed by atoms with E-state index in [1.165, 1.54) is 5.56 Å². The lowest BCUT2D eigenvalue weighted by Crippen LogP contribution is -1.95. The SMILES string of the molecule is C/C=C(\C(=C/CC#N)c1ccccc1C)c1ccccn1. The third-order valence-corrected chi connectivity index (χ3v) is 3.35. The van der Waals surface area contributed by atoms with Gasteiger partial charge < -0.3 is 0 Å². The lowest BCUT2D eigenvalue weighted by molar-refractivity contribution is 1.27. The number of hydrogen-bond acceptors (Lipinski definition) is 2. The first kappa shape index (κ1) is 14.7. The van der Waals surface area contributed by atoms with Crippen molar-refractivity contribution in [1.82, 2.24) is 4.98 Å². The predicted molar refractivity (Wildman–Crippen MR) is 87.3 cm³/mol. The maximum absolute atomic E-state index is 8.93. The van der Waals surface area contributed by atoms with Crippen LogP contribution in [0, 0.1) is 18.3 Å². The Kier molecular flexibility index (Phi) is 5.06. The zero-order chi connectivity index (χ0) is 15.1. The molecule has 2 nitrogen and oxygen atoms in total. The Bertz CT molecular complexity index is 704. The summed E-state index contributed by atoms with van der Waals surface area (Å²) >= 11 is 0. The van der Waals surface area contributed by atoms with Gasteiger partial charge in [-0.3, -0.25) is 4.98 Å². The summed E-state index contributed by atoms with van der Waals surface area (Å²) < 4.78 is 0. The molecule has 2 heteroatoms. The molecule has 0 saturated carbocycles. The molecule has 0 radical (unpaired) electrons. The Morgan fingerprint density at radius 1 is 1.14 bits per heavy atom. The van der Waals surface area contributed by atoms with Gasteiger partial charge in [-0.1, -0.05) is 42.5 Å². The second kappa shape index (κ2) is 7.21. The highest BCUT2D eigenvalue weighted by molar-refractivity contribution is 6.04. The van der Waals surface area contributed by atoms with Gasteiger partial charge >= 0.3 is 0 Å². The smallest absolute Gasteiger partial charge is 0.0704 e. The first-order chi connectivity index (χ1) is 10.3. The molecule has 1 aromatic carbocycles. The van der Waals surface area contributed by atoms with Crippen molar-refractivity contribution < 1.29 is 0 Å². The third-order valence-electron chi connectivity index (χ3n) is 3.35. The van der Waals surface area contributed by atoms with Crippen LogP contribution in [-0.2, 0) is 0 Å². The van der Waals surface area contributed by atoms with Crippen molar-refractivity contribution in [3.8, 4) is 6.07 Å². The van der Waals surface area contributed by atoms with Gasteiger partial charge in [0.2, 0.25) is 0 Å². The van der Waals surface area contributed by atoms with Crippen molar-refractivity contribution in [1.29, 1.82) is 5.26 Å². The van der Waals surface area contributed by atoms with Crippen LogP contribution in [0.15, 0.2) is 60.8 Å². The van der Waals surface area contributed by atoms with Gasteiger partial charge in [0.1, 0.15) is 0 Å². The highest BCUT2D eigenvalue weighted by Crippen LogP contribution is 2.32. The maximum atomic E-state index is 8.93. The fourth-order valence-corrected chi connectivity index (χ4v) is 2.35. The fraction of sp³-hybridized carbons (Fsp3) is 0.158. The molecule has 0 aliphatic carbocycles. The van der Waals surface area contributed by atoms with Crippen molar-refractivity contribution in [3.63, 3.8) is 0 Å². The molecule has 2 aromatic rings. The van der Waals surface area contributed by atoms with E-state index in [-0.39, 0.29) is 0 Å².